The van der Waals surface area contributed by atoms with Gasteiger partial charge in [0.25, 0.3) is 0 Å². The summed E-state index contributed by atoms with van der Waals surface area (Å²) in [5.74, 6) is 4.92. The summed E-state index contributed by atoms with van der Waals surface area (Å²) in [5, 5.41) is 4.01. The average molecular weight is 378 g/mol. The topological polar surface area (TPSA) is 94.9 Å². The highest BCUT2D eigenvalue weighted by molar-refractivity contribution is 7.92. The second kappa shape index (κ2) is 7.87. The van der Waals surface area contributed by atoms with E-state index in [1.54, 1.807) is 26.1 Å². The van der Waals surface area contributed by atoms with Gasteiger partial charge in [-0.05, 0) is 32.9 Å². The minimum atomic E-state index is -3.70. The van der Waals surface area contributed by atoms with Gasteiger partial charge in [-0.1, -0.05) is 11.1 Å². The number of hydrogen-bond acceptors (Lipinski definition) is 7. The molecule has 0 spiro atoms. The number of hydrogen-bond donors (Lipinski definition) is 0. The van der Waals surface area contributed by atoms with Crippen LogP contribution < -0.4 is 0 Å². The SMILES string of the molecule is CC#Cc1ccc(C2=NOC(CC(C)(C(=O)OCC)S(C)(=O)=O)C2)nc1. The van der Waals surface area contributed by atoms with Crippen molar-refractivity contribution in [2.24, 2.45) is 5.16 Å². The third-order valence-electron chi connectivity index (χ3n) is 4.20. The summed E-state index contributed by atoms with van der Waals surface area (Å²) in [7, 11) is -3.70. The van der Waals surface area contributed by atoms with Crippen LogP contribution in [0, 0.1) is 11.8 Å². The summed E-state index contributed by atoms with van der Waals surface area (Å²) in [6, 6.07) is 3.61. The number of oxime groups is 1. The van der Waals surface area contributed by atoms with Crippen molar-refractivity contribution in [3.63, 3.8) is 0 Å². The number of sulfone groups is 1. The molecule has 0 radical (unpaired) electrons. The van der Waals surface area contributed by atoms with E-state index in [0.717, 1.165) is 11.8 Å². The minimum Gasteiger partial charge on any atom is -0.465 e. The largest absolute Gasteiger partial charge is 0.465 e. The molecule has 1 aromatic heterocycles. The number of ether oxygens (including phenoxy) is 1. The maximum Gasteiger partial charge on any atom is 0.327 e. The molecule has 2 unspecified atom stereocenters. The summed E-state index contributed by atoms with van der Waals surface area (Å²) >= 11 is 0. The van der Waals surface area contributed by atoms with Crippen LogP contribution in [0.15, 0.2) is 23.5 Å². The molecule has 0 amide bonds. The molecule has 0 aliphatic carbocycles. The zero-order valence-corrected chi connectivity index (χ0v) is 16.1. The minimum absolute atomic E-state index is 0.0446. The van der Waals surface area contributed by atoms with Crippen molar-refractivity contribution in [3.8, 4) is 11.8 Å². The van der Waals surface area contributed by atoms with Gasteiger partial charge in [-0.25, -0.2) is 8.42 Å². The van der Waals surface area contributed by atoms with Gasteiger partial charge in [0.2, 0.25) is 0 Å². The lowest BCUT2D eigenvalue weighted by Crippen LogP contribution is -2.47. The Morgan fingerprint density at radius 2 is 2.19 bits per heavy atom. The van der Waals surface area contributed by atoms with Crippen molar-refractivity contribution >= 4 is 21.5 Å². The third-order valence-corrected chi connectivity index (χ3v) is 6.17. The fourth-order valence-corrected chi connectivity index (χ4v) is 3.43. The van der Waals surface area contributed by atoms with E-state index in [2.05, 4.69) is 22.0 Å². The number of pyridine rings is 1. The first-order valence-corrected chi connectivity index (χ1v) is 10.1. The van der Waals surface area contributed by atoms with Crippen molar-refractivity contribution < 1.29 is 22.8 Å². The van der Waals surface area contributed by atoms with E-state index in [9.17, 15) is 13.2 Å². The molecule has 2 heterocycles. The molecule has 7 nitrogen and oxygen atoms in total. The number of carbonyl (C=O) groups is 1. The first-order chi connectivity index (χ1) is 12.2. The predicted octanol–water partition coefficient (Wildman–Crippen LogP) is 1.70. The van der Waals surface area contributed by atoms with Crippen molar-refractivity contribution in [3.05, 3.63) is 29.6 Å². The van der Waals surface area contributed by atoms with Crippen LogP contribution in [0.2, 0.25) is 0 Å². The third kappa shape index (κ3) is 4.22. The second-order valence-corrected chi connectivity index (χ2v) is 8.65. The highest BCUT2D eigenvalue weighted by Gasteiger charge is 2.48. The Bertz CT molecular complexity index is 865. The molecule has 0 fully saturated rings. The van der Waals surface area contributed by atoms with E-state index in [-0.39, 0.29) is 13.0 Å². The Morgan fingerprint density at radius 3 is 2.73 bits per heavy atom. The lowest BCUT2D eigenvalue weighted by atomic mass is 9.98. The molecule has 8 heteroatoms. The van der Waals surface area contributed by atoms with Crippen LogP contribution >= 0.6 is 0 Å². The molecule has 0 aromatic carbocycles. The Balaban J connectivity index is 2.12. The van der Waals surface area contributed by atoms with E-state index in [4.69, 9.17) is 9.57 Å². The van der Waals surface area contributed by atoms with Crippen LogP contribution in [-0.4, -0.2) is 48.8 Å². The molecule has 2 rings (SSSR count). The molecular formula is C18H22N2O5S. The van der Waals surface area contributed by atoms with Crippen molar-refractivity contribution in [2.75, 3.05) is 12.9 Å². The van der Waals surface area contributed by atoms with Gasteiger partial charge in [0, 0.05) is 30.9 Å². The molecule has 0 saturated heterocycles. The maximum atomic E-state index is 12.2. The van der Waals surface area contributed by atoms with E-state index < -0.39 is 26.7 Å². The number of esters is 1. The van der Waals surface area contributed by atoms with Crippen LogP contribution in [0.25, 0.3) is 0 Å². The number of carbonyl (C=O) groups excluding carboxylic acids is 1. The molecule has 1 aromatic rings. The highest BCUT2D eigenvalue weighted by atomic mass is 32.2. The number of nitrogens with zero attached hydrogens (tertiary/aromatic N) is 2. The van der Waals surface area contributed by atoms with Gasteiger partial charge in [0.1, 0.15) is 11.8 Å². The molecule has 1 aliphatic heterocycles. The van der Waals surface area contributed by atoms with Gasteiger partial charge < -0.3 is 9.57 Å². The number of rotatable bonds is 6. The van der Waals surface area contributed by atoms with Crippen LogP contribution in [0.5, 0.6) is 0 Å². The van der Waals surface area contributed by atoms with Crippen molar-refractivity contribution in [1.29, 1.82) is 0 Å². The molecule has 0 N–H and O–H groups in total. The quantitative estimate of drug-likeness (QED) is 0.552. The molecular weight excluding hydrogens is 356 g/mol. The lowest BCUT2D eigenvalue weighted by molar-refractivity contribution is -0.146. The molecule has 26 heavy (non-hydrogen) atoms. The smallest absolute Gasteiger partial charge is 0.327 e. The first-order valence-electron chi connectivity index (χ1n) is 8.20. The van der Waals surface area contributed by atoms with Crippen LogP contribution in [0.3, 0.4) is 0 Å². The van der Waals surface area contributed by atoms with Gasteiger partial charge in [0.05, 0.1) is 12.3 Å². The summed E-state index contributed by atoms with van der Waals surface area (Å²) in [4.78, 5) is 21.9. The maximum absolute atomic E-state index is 12.2. The van der Waals surface area contributed by atoms with Crippen molar-refractivity contribution in [2.45, 2.75) is 44.5 Å². The molecule has 1 aliphatic rings. The van der Waals surface area contributed by atoms with Gasteiger partial charge in [-0.2, -0.15) is 0 Å². The normalized spacial score (nSPS) is 18.8. The van der Waals surface area contributed by atoms with E-state index in [0.29, 0.717) is 17.8 Å². The standard InChI is InChI=1S/C18H22N2O5S/c1-5-7-13-8-9-15(19-12-13)16-10-14(25-20-16)11-18(3,26(4,22)23)17(21)24-6-2/h8-9,12,14H,6,10-11H2,1-4H3. The molecule has 140 valence electrons. The zero-order chi connectivity index (χ0) is 19.4. The van der Waals surface area contributed by atoms with Gasteiger partial charge >= 0.3 is 5.97 Å². The van der Waals surface area contributed by atoms with Crippen LogP contribution in [0.4, 0.5) is 0 Å². The van der Waals surface area contributed by atoms with E-state index in [1.165, 1.54) is 6.92 Å². The molecule has 0 bridgehead atoms. The second-order valence-electron chi connectivity index (χ2n) is 6.20. The molecule has 2 atom stereocenters. The number of aromatic nitrogens is 1. The van der Waals surface area contributed by atoms with E-state index in [1.807, 2.05) is 6.07 Å². The summed E-state index contributed by atoms with van der Waals surface area (Å²) < 4.78 is 27.6. The summed E-state index contributed by atoms with van der Waals surface area (Å²) in [6.45, 7) is 4.84. The zero-order valence-electron chi connectivity index (χ0n) is 15.3. The highest BCUT2D eigenvalue weighted by Crippen LogP contribution is 2.30. The van der Waals surface area contributed by atoms with Crippen molar-refractivity contribution in [1.82, 2.24) is 4.98 Å². The first kappa shape index (κ1) is 19.9. The monoisotopic (exact) mass is 378 g/mol. The van der Waals surface area contributed by atoms with Gasteiger partial charge in [-0.15, -0.1) is 5.92 Å². The fourth-order valence-electron chi connectivity index (χ4n) is 2.58. The Kier molecular flexibility index (Phi) is 6.03. The fraction of sp³-hybridized carbons (Fsp3) is 0.500. The summed E-state index contributed by atoms with van der Waals surface area (Å²) in [5.41, 5.74) is 2.02. The predicted molar refractivity (Wildman–Crippen MR) is 97.3 cm³/mol. The van der Waals surface area contributed by atoms with Gasteiger partial charge in [0.15, 0.2) is 14.6 Å². The molecule has 0 saturated carbocycles. The van der Waals surface area contributed by atoms with Crippen LogP contribution in [-0.2, 0) is 24.2 Å². The Hall–Kier alpha value is -2.40. The Labute approximate surface area is 153 Å². The van der Waals surface area contributed by atoms with Gasteiger partial charge in [-0.3, -0.25) is 9.78 Å². The van der Waals surface area contributed by atoms with E-state index >= 15 is 0 Å². The van der Waals surface area contributed by atoms with Crippen LogP contribution in [0.1, 0.15) is 44.9 Å². The Morgan fingerprint density at radius 1 is 1.46 bits per heavy atom. The summed E-state index contributed by atoms with van der Waals surface area (Å²) in [6.07, 6.45) is 2.43. The lowest BCUT2D eigenvalue weighted by Gasteiger charge is -2.26. The average Bonchev–Trinajstić information content (AvgIpc) is 3.03.